The molecule has 0 spiro atoms. The van der Waals surface area contributed by atoms with Crippen LogP contribution in [0.5, 0.6) is 0 Å². The third kappa shape index (κ3) is 2.35. The molecule has 1 unspecified atom stereocenters. The van der Waals surface area contributed by atoms with Crippen molar-refractivity contribution in [3.05, 3.63) is 54.1 Å². The molecule has 1 aromatic heterocycles. The molecule has 2 heterocycles. The molecule has 0 bridgehead atoms. The fraction of sp³-hybridized carbons (Fsp3) is 0.412. The Morgan fingerprint density at radius 3 is 2.43 bits per heavy atom. The molecule has 1 fully saturated rings. The lowest BCUT2D eigenvalue weighted by Crippen LogP contribution is -2.48. The molecule has 1 aliphatic rings. The van der Waals surface area contributed by atoms with Gasteiger partial charge in [0.1, 0.15) is 5.54 Å². The number of aromatic nitrogens is 2. The number of amides is 1. The zero-order valence-corrected chi connectivity index (χ0v) is 12.6. The number of benzene rings is 1. The van der Waals surface area contributed by atoms with Gasteiger partial charge in [0.05, 0.1) is 12.0 Å². The van der Waals surface area contributed by atoms with Gasteiger partial charge in [0.25, 0.3) is 5.91 Å². The van der Waals surface area contributed by atoms with Crippen LogP contribution in [-0.2, 0) is 10.3 Å². The summed E-state index contributed by atoms with van der Waals surface area (Å²) in [4.78, 5) is 19.4. The average Bonchev–Trinajstić information content (AvgIpc) is 3.18. The molecular formula is C17H21N3O. The molecule has 1 atom stereocenters. The molecule has 0 radical (unpaired) electrons. The maximum absolute atomic E-state index is 13.2. The summed E-state index contributed by atoms with van der Waals surface area (Å²) in [5.74, 6) is 0.156. The molecule has 4 heteroatoms. The fourth-order valence-corrected chi connectivity index (χ4v) is 3.04. The molecule has 1 saturated heterocycles. The molecule has 0 aliphatic carbocycles. The number of imidazole rings is 1. The molecule has 3 rings (SSSR count). The van der Waals surface area contributed by atoms with E-state index in [-0.39, 0.29) is 5.91 Å². The second-order valence-electron chi connectivity index (χ2n) is 5.86. The van der Waals surface area contributed by atoms with Crippen LogP contribution in [0.4, 0.5) is 0 Å². The predicted molar refractivity (Wildman–Crippen MR) is 82.0 cm³/mol. The Hall–Kier alpha value is -2.10. The van der Waals surface area contributed by atoms with E-state index in [0.29, 0.717) is 0 Å². The van der Waals surface area contributed by atoms with Crippen LogP contribution in [0, 0.1) is 6.92 Å². The van der Waals surface area contributed by atoms with Crippen molar-refractivity contribution < 1.29 is 4.79 Å². The van der Waals surface area contributed by atoms with Gasteiger partial charge in [-0.1, -0.05) is 30.3 Å². The molecule has 0 N–H and O–H groups in total. The second-order valence-corrected chi connectivity index (χ2v) is 5.86. The Balaban J connectivity index is 2.08. The smallest absolute Gasteiger partial charge is 0.253 e. The molecule has 1 aromatic carbocycles. The molecular weight excluding hydrogens is 262 g/mol. The van der Waals surface area contributed by atoms with Crippen molar-refractivity contribution >= 4 is 5.91 Å². The van der Waals surface area contributed by atoms with Crippen LogP contribution in [0.3, 0.4) is 0 Å². The van der Waals surface area contributed by atoms with Crippen LogP contribution in [-0.4, -0.2) is 33.4 Å². The monoisotopic (exact) mass is 283 g/mol. The van der Waals surface area contributed by atoms with Gasteiger partial charge in [-0.05, 0) is 32.3 Å². The first kappa shape index (κ1) is 13.9. The van der Waals surface area contributed by atoms with Gasteiger partial charge in [-0.15, -0.1) is 0 Å². The van der Waals surface area contributed by atoms with E-state index in [1.807, 2.05) is 59.8 Å². The Morgan fingerprint density at radius 2 is 1.86 bits per heavy atom. The third-order valence-electron chi connectivity index (χ3n) is 4.37. The van der Waals surface area contributed by atoms with Crippen molar-refractivity contribution in [2.45, 2.75) is 32.2 Å². The quantitative estimate of drug-likeness (QED) is 0.868. The van der Waals surface area contributed by atoms with Crippen molar-refractivity contribution in [3.8, 4) is 0 Å². The Bertz CT molecular complexity index is 628. The van der Waals surface area contributed by atoms with Gasteiger partial charge in [0.2, 0.25) is 0 Å². The largest absolute Gasteiger partial charge is 0.340 e. The van der Waals surface area contributed by atoms with Gasteiger partial charge in [-0.2, -0.15) is 0 Å². The summed E-state index contributed by atoms with van der Waals surface area (Å²) in [5.41, 5.74) is 1.19. The van der Waals surface area contributed by atoms with E-state index in [2.05, 4.69) is 4.98 Å². The van der Waals surface area contributed by atoms with Crippen LogP contribution < -0.4 is 0 Å². The highest BCUT2D eigenvalue weighted by atomic mass is 16.2. The first-order valence-corrected chi connectivity index (χ1v) is 7.48. The highest BCUT2D eigenvalue weighted by Gasteiger charge is 2.40. The summed E-state index contributed by atoms with van der Waals surface area (Å²) < 4.78 is 1.94. The number of likely N-dealkylation sites (tertiary alicyclic amines) is 1. The number of rotatable bonds is 3. The van der Waals surface area contributed by atoms with Crippen LogP contribution in [0.2, 0.25) is 0 Å². The minimum atomic E-state index is -0.729. The molecule has 1 amide bonds. The van der Waals surface area contributed by atoms with Crippen LogP contribution in [0.15, 0.2) is 42.9 Å². The maximum Gasteiger partial charge on any atom is 0.253 e. The predicted octanol–water partition coefficient (Wildman–Crippen LogP) is 2.58. The van der Waals surface area contributed by atoms with Gasteiger partial charge in [-0.3, -0.25) is 4.79 Å². The summed E-state index contributed by atoms with van der Waals surface area (Å²) in [6.45, 7) is 5.65. The summed E-state index contributed by atoms with van der Waals surface area (Å²) >= 11 is 0. The van der Waals surface area contributed by atoms with E-state index in [4.69, 9.17) is 0 Å². The number of aryl methyl sites for hydroxylation is 1. The minimum Gasteiger partial charge on any atom is -0.340 e. The van der Waals surface area contributed by atoms with Crippen LogP contribution >= 0.6 is 0 Å². The summed E-state index contributed by atoms with van der Waals surface area (Å²) in [6, 6.07) is 9.97. The Labute approximate surface area is 125 Å². The molecule has 2 aromatic rings. The highest BCUT2D eigenvalue weighted by molar-refractivity contribution is 5.88. The van der Waals surface area contributed by atoms with E-state index >= 15 is 0 Å². The lowest BCUT2D eigenvalue weighted by molar-refractivity contribution is -0.137. The van der Waals surface area contributed by atoms with Crippen molar-refractivity contribution in [1.29, 1.82) is 0 Å². The van der Waals surface area contributed by atoms with E-state index in [0.717, 1.165) is 37.2 Å². The molecule has 0 saturated carbocycles. The normalized spacial score (nSPS) is 17.7. The van der Waals surface area contributed by atoms with Gasteiger partial charge in [0, 0.05) is 19.3 Å². The fourth-order valence-electron chi connectivity index (χ4n) is 3.04. The first-order chi connectivity index (χ1) is 10.1. The molecule has 21 heavy (non-hydrogen) atoms. The Kier molecular flexibility index (Phi) is 3.53. The SMILES string of the molecule is Cc1cn(C(C)(C(=O)N2CCCC2)c2ccccc2)cn1. The topological polar surface area (TPSA) is 38.1 Å². The number of hydrogen-bond donors (Lipinski definition) is 0. The number of nitrogens with zero attached hydrogens (tertiary/aromatic N) is 3. The van der Waals surface area contributed by atoms with Gasteiger partial charge < -0.3 is 9.47 Å². The summed E-state index contributed by atoms with van der Waals surface area (Å²) in [6.07, 6.45) is 5.90. The van der Waals surface area contributed by atoms with E-state index < -0.39 is 5.54 Å². The number of hydrogen-bond acceptors (Lipinski definition) is 2. The van der Waals surface area contributed by atoms with E-state index in [1.54, 1.807) is 6.33 Å². The first-order valence-electron chi connectivity index (χ1n) is 7.48. The Morgan fingerprint density at radius 1 is 1.19 bits per heavy atom. The van der Waals surface area contributed by atoms with Crippen LogP contribution in [0.25, 0.3) is 0 Å². The van der Waals surface area contributed by atoms with Crippen molar-refractivity contribution in [1.82, 2.24) is 14.5 Å². The van der Waals surface area contributed by atoms with Crippen LogP contribution in [0.1, 0.15) is 31.0 Å². The van der Waals surface area contributed by atoms with Crippen molar-refractivity contribution in [2.24, 2.45) is 0 Å². The zero-order valence-electron chi connectivity index (χ0n) is 12.6. The number of carbonyl (C=O) groups excluding carboxylic acids is 1. The number of carbonyl (C=O) groups is 1. The van der Waals surface area contributed by atoms with Gasteiger partial charge >= 0.3 is 0 Å². The van der Waals surface area contributed by atoms with Crippen molar-refractivity contribution in [3.63, 3.8) is 0 Å². The van der Waals surface area contributed by atoms with Gasteiger partial charge in [0.15, 0.2) is 0 Å². The molecule has 110 valence electrons. The van der Waals surface area contributed by atoms with Crippen molar-refractivity contribution in [2.75, 3.05) is 13.1 Å². The lowest BCUT2D eigenvalue weighted by Gasteiger charge is -2.34. The molecule has 1 aliphatic heterocycles. The van der Waals surface area contributed by atoms with E-state index in [1.165, 1.54) is 0 Å². The standard InChI is InChI=1S/C17H21N3O/c1-14-12-20(13-18-14)17(2,15-8-4-3-5-9-15)16(21)19-10-6-7-11-19/h3-5,8-9,12-13H,6-7,10-11H2,1-2H3. The molecule has 4 nitrogen and oxygen atoms in total. The zero-order chi connectivity index (χ0) is 14.9. The third-order valence-corrected chi connectivity index (χ3v) is 4.37. The summed E-state index contributed by atoms with van der Waals surface area (Å²) in [7, 11) is 0. The maximum atomic E-state index is 13.2. The highest BCUT2D eigenvalue weighted by Crippen LogP contribution is 2.30. The minimum absolute atomic E-state index is 0.156. The average molecular weight is 283 g/mol. The lowest BCUT2D eigenvalue weighted by atomic mass is 9.90. The summed E-state index contributed by atoms with van der Waals surface area (Å²) in [5, 5.41) is 0. The second kappa shape index (κ2) is 5.35. The van der Waals surface area contributed by atoms with Gasteiger partial charge in [-0.25, -0.2) is 4.98 Å². The van der Waals surface area contributed by atoms with E-state index in [9.17, 15) is 4.79 Å².